The van der Waals surface area contributed by atoms with Crippen LogP contribution in [0.3, 0.4) is 0 Å². The summed E-state index contributed by atoms with van der Waals surface area (Å²) in [4.78, 5) is 16.2. The maximum absolute atomic E-state index is 13.1. The van der Waals surface area contributed by atoms with Crippen molar-refractivity contribution in [3.63, 3.8) is 0 Å². The van der Waals surface area contributed by atoms with Gasteiger partial charge in [0.05, 0.1) is 0 Å². The van der Waals surface area contributed by atoms with Crippen LogP contribution >= 0.6 is 23.4 Å². The van der Waals surface area contributed by atoms with E-state index in [1.165, 1.54) is 16.0 Å². The van der Waals surface area contributed by atoms with Gasteiger partial charge in [0.1, 0.15) is 0 Å². The van der Waals surface area contributed by atoms with Gasteiger partial charge in [-0.2, -0.15) is 0 Å². The molecule has 1 atom stereocenters. The molecule has 1 aliphatic rings. The van der Waals surface area contributed by atoms with E-state index < -0.39 is 0 Å². The van der Waals surface area contributed by atoms with E-state index in [0.717, 1.165) is 28.4 Å². The van der Waals surface area contributed by atoms with Gasteiger partial charge in [0.2, 0.25) is 0 Å². The van der Waals surface area contributed by atoms with Crippen LogP contribution in [0.1, 0.15) is 28.4 Å². The molecule has 0 bridgehead atoms. The number of carbonyl (C=O) groups is 1. The smallest absolute Gasteiger partial charge is 0.258 e. The maximum Gasteiger partial charge on any atom is 0.258 e. The van der Waals surface area contributed by atoms with Crippen molar-refractivity contribution in [1.29, 1.82) is 0 Å². The SMILES string of the molecule is C[C@H]1Cc2ccccc2N1C(=O)c1ccc(CSc2ccc(Cl)cc2)cc1. The highest BCUT2D eigenvalue weighted by molar-refractivity contribution is 7.98. The quantitative estimate of drug-likeness (QED) is 0.490. The van der Waals surface area contributed by atoms with Crippen molar-refractivity contribution in [2.24, 2.45) is 0 Å². The van der Waals surface area contributed by atoms with Crippen LogP contribution in [0.4, 0.5) is 5.69 Å². The number of para-hydroxylation sites is 1. The third-order valence-electron chi connectivity index (χ3n) is 4.85. The molecule has 136 valence electrons. The third kappa shape index (κ3) is 3.90. The molecule has 0 radical (unpaired) electrons. The molecular formula is C23H20ClNOS. The third-order valence-corrected chi connectivity index (χ3v) is 6.18. The molecular weight excluding hydrogens is 374 g/mol. The Morgan fingerprint density at radius 2 is 1.74 bits per heavy atom. The molecule has 27 heavy (non-hydrogen) atoms. The lowest BCUT2D eigenvalue weighted by molar-refractivity contribution is 0.0981. The normalized spacial score (nSPS) is 15.6. The second-order valence-corrected chi connectivity index (χ2v) is 8.28. The summed E-state index contributed by atoms with van der Waals surface area (Å²) in [5.74, 6) is 0.934. The van der Waals surface area contributed by atoms with E-state index >= 15 is 0 Å². The standard InChI is InChI=1S/C23H20ClNOS/c1-16-14-19-4-2-3-5-22(19)25(16)23(26)18-8-6-17(7-9-18)15-27-21-12-10-20(24)11-13-21/h2-13,16H,14-15H2,1H3/t16-/m0/s1. The fourth-order valence-corrected chi connectivity index (χ4v) is 4.44. The predicted octanol–water partition coefficient (Wildman–Crippen LogP) is 6.22. The second-order valence-electron chi connectivity index (χ2n) is 6.80. The molecule has 4 heteroatoms. The zero-order valence-electron chi connectivity index (χ0n) is 15.1. The van der Waals surface area contributed by atoms with Gasteiger partial charge in [0, 0.05) is 33.0 Å². The van der Waals surface area contributed by atoms with Crippen LogP contribution in [0.5, 0.6) is 0 Å². The molecule has 0 aliphatic carbocycles. The number of halogens is 1. The van der Waals surface area contributed by atoms with Crippen molar-refractivity contribution < 1.29 is 4.79 Å². The van der Waals surface area contributed by atoms with E-state index in [0.29, 0.717) is 0 Å². The van der Waals surface area contributed by atoms with Crippen LogP contribution in [-0.4, -0.2) is 11.9 Å². The molecule has 0 N–H and O–H groups in total. The Kier molecular flexibility index (Phi) is 5.24. The summed E-state index contributed by atoms with van der Waals surface area (Å²) in [6.07, 6.45) is 0.914. The number of carbonyl (C=O) groups excluding carboxylic acids is 1. The molecule has 1 heterocycles. The minimum atomic E-state index is 0.0735. The average Bonchev–Trinajstić information content (AvgIpc) is 3.03. The minimum absolute atomic E-state index is 0.0735. The van der Waals surface area contributed by atoms with Crippen LogP contribution < -0.4 is 4.90 Å². The second kappa shape index (κ2) is 7.79. The number of anilines is 1. The molecule has 0 saturated carbocycles. The first-order valence-electron chi connectivity index (χ1n) is 9.00. The summed E-state index contributed by atoms with van der Waals surface area (Å²) in [7, 11) is 0. The summed E-state index contributed by atoms with van der Waals surface area (Å²) in [5, 5.41) is 0.750. The van der Waals surface area contributed by atoms with Gasteiger partial charge in [0.25, 0.3) is 5.91 Å². The Labute approximate surface area is 169 Å². The number of benzene rings is 3. The number of thioether (sulfide) groups is 1. The van der Waals surface area contributed by atoms with Crippen molar-refractivity contribution in [2.45, 2.75) is 30.0 Å². The molecule has 3 aromatic rings. The Morgan fingerprint density at radius 3 is 2.48 bits per heavy atom. The molecule has 4 rings (SSSR count). The van der Waals surface area contributed by atoms with Crippen LogP contribution in [0.25, 0.3) is 0 Å². The topological polar surface area (TPSA) is 20.3 Å². The minimum Gasteiger partial charge on any atom is -0.305 e. The Bertz CT molecular complexity index is 953. The number of hydrogen-bond donors (Lipinski definition) is 0. The molecule has 0 unspecified atom stereocenters. The van der Waals surface area contributed by atoms with E-state index in [2.05, 4.69) is 13.0 Å². The van der Waals surface area contributed by atoms with Crippen molar-refractivity contribution in [3.05, 3.63) is 94.5 Å². The monoisotopic (exact) mass is 393 g/mol. The van der Waals surface area contributed by atoms with E-state index in [1.54, 1.807) is 11.8 Å². The van der Waals surface area contributed by atoms with Crippen molar-refractivity contribution in [3.8, 4) is 0 Å². The summed E-state index contributed by atoms with van der Waals surface area (Å²) in [5.41, 5.74) is 4.21. The van der Waals surface area contributed by atoms with Gasteiger partial charge < -0.3 is 4.90 Å². The Hall–Kier alpha value is -2.23. The van der Waals surface area contributed by atoms with Crippen LogP contribution in [0.2, 0.25) is 5.02 Å². The molecule has 0 fully saturated rings. The Balaban J connectivity index is 1.46. The fourth-order valence-electron chi connectivity index (χ4n) is 3.46. The fraction of sp³-hybridized carbons (Fsp3) is 0.174. The van der Waals surface area contributed by atoms with Gasteiger partial charge in [-0.15, -0.1) is 11.8 Å². The predicted molar refractivity (Wildman–Crippen MR) is 114 cm³/mol. The average molecular weight is 394 g/mol. The van der Waals surface area contributed by atoms with Crippen molar-refractivity contribution in [2.75, 3.05) is 4.90 Å². The molecule has 0 aromatic heterocycles. The van der Waals surface area contributed by atoms with Crippen LogP contribution in [0, 0.1) is 0 Å². The lowest BCUT2D eigenvalue weighted by atomic mass is 10.1. The molecule has 1 aliphatic heterocycles. The first-order chi connectivity index (χ1) is 13.1. The highest BCUT2D eigenvalue weighted by Gasteiger charge is 2.31. The molecule has 2 nitrogen and oxygen atoms in total. The number of rotatable bonds is 4. The number of nitrogens with zero attached hydrogens (tertiary/aromatic N) is 1. The number of amides is 1. The number of fused-ring (bicyclic) bond motifs is 1. The summed E-state index contributed by atoms with van der Waals surface area (Å²) in [6.45, 7) is 2.11. The zero-order chi connectivity index (χ0) is 18.8. The Morgan fingerprint density at radius 1 is 1.04 bits per heavy atom. The van der Waals surface area contributed by atoms with Crippen molar-refractivity contribution in [1.82, 2.24) is 0 Å². The van der Waals surface area contributed by atoms with E-state index in [-0.39, 0.29) is 11.9 Å². The lowest BCUT2D eigenvalue weighted by Gasteiger charge is -2.23. The van der Waals surface area contributed by atoms with E-state index in [4.69, 9.17) is 11.6 Å². The lowest BCUT2D eigenvalue weighted by Crippen LogP contribution is -2.35. The van der Waals surface area contributed by atoms with Gasteiger partial charge >= 0.3 is 0 Å². The molecule has 0 spiro atoms. The highest BCUT2D eigenvalue weighted by Crippen LogP contribution is 2.33. The van der Waals surface area contributed by atoms with Crippen LogP contribution in [-0.2, 0) is 12.2 Å². The first-order valence-corrected chi connectivity index (χ1v) is 10.4. The summed E-state index contributed by atoms with van der Waals surface area (Å²) < 4.78 is 0. The first kappa shape index (κ1) is 18.1. The van der Waals surface area contributed by atoms with Gasteiger partial charge in [-0.3, -0.25) is 4.79 Å². The van der Waals surface area contributed by atoms with Crippen LogP contribution in [0.15, 0.2) is 77.7 Å². The highest BCUT2D eigenvalue weighted by atomic mass is 35.5. The van der Waals surface area contributed by atoms with E-state index in [1.807, 2.05) is 71.6 Å². The molecule has 0 saturated heterocycles. The van der Waals surface area contributed by atoms with Gasteiger partial charge in [-0.05, 0) is 66.9 Å². The van der Waals surface area contributed by atoms with Crippen molar-refractivity contribution >= 4 is 35.0 Å². The largest absolute Gasteiger partial charge is 0.305 e. The summed E-state index contributed by atoms with van der Waals surface area (Å²) in [6, 6.07) is 24.2. The molecule has 3 aromatic carbocycles. The maximum atomic E-state index is 13.1. The zero-order valence-corrected chi connectivity index (χ0v) is 16.6. The molecule has 1 amide bonds. The van der Waals surface area contributed by atoms with Gasteiger partial charge in [-0.1, -0.05) is 41.9 Å². The summed E-state index contributed by atoms with van der Waals surface area (Å²) >= 11 is 7.69. The van der Waals surface area contributed by atoms with Gasteiger partial charge in [0.15, 0.2) is 0 Å². The number of hydrogen-bond acceptors (Lipinski definition) is 2. The van der Waals surface area contributed by atoms with Gasteiger partial charge in [-0.25, -0.2) is 0 Å². The van der Waals surface area contributed by atoms with E-state index in [9.17, 15) is 4.79 Å².